The number of esters is 1. The van der Waals surface area contributed by atoms with Crippen LogP contribution in [0.4, 0.5) is 0 Å². The van der Waals surface area contributed by atoms with E-state index in [1.165, 1.54) is 7.11 Å². The number of aliphatic hydroxyl groups excluding tert-OH is 1. The van der Waals surface area contributed by atoms with Crippen molar-refractivity contribution in [1.29, 1.82) is 0 Å². The molecule has 1 aliphatic rings. The maximum absolute atomic E-state index is 10.8. The molecule has 0 aromatic rings. The Morgan fingerprint density at radius 3 is 2.90 bits per heavy atom. The largest absolute Gasteiger partial charge is 0.468 e. The number of hydrogen-bond donors (Lipinski definition) is 1. The highest BCUT2D eigenvalue weighted by Crippen LogP contribution is 2.18. The Kier molecular flexibility index (Phi) is 2.06. The van der Waals surface area contributed by atoms with E-state index in [-0.39, 0.29) is 5.97 Å². The van der Waals surface area contributed by atoms with E-state index in [2.05, 4.69) is 4.74 Å². The van der Waals surface area contributed by atoms with E-state index in [1.807, 2.05) is 0 Å². The molecular formula is C7H10O3. The summed E-state index contributed by atoms with van der Waals surface area (Å²) in [6.45, 7) is 0. The van der Waals surface area contributed by atoms with Crippen molar-refractivity contribution in [2.24, 2.45) is 5.92 Å². The Labute approximate surface area is 59.3 Å². The van der Waals surface area contributed by atoms with Gasteiger partial charge in [-0.15, -0.1) is 0 Å². The molecule has 0 radical (unpaired) electrons. The summed E-state index contributed by atoms with van der Waals surface area (Å²) in [5.74, 6) is -0.800. The van der Waals surface area contributed by atoms with Crippen molar-refractivity contribution in [2.45, 2.75) is 12.5 Å². The third-order valence-corrected chi connectivity index (χ3v) is 1.61. The molecule has 3 heteroatoms. The van der Waals surface area contributed by atoms with Gasteiger partial charge in [-0.1, -0.05) is 12.2 Å². The summed E-state index contributed by atoms with van der Waals surface area (Å²) in [7, 11) is 1.32. The Bertz CT molecular complexity index is 162. The van der Waals surface area contributed by atoms with E-state index in [9.17, 15) is 4.79 Å². The second-order valence-corrected chi connectivity index (χ2v) is 2.28. The lowest BCUT2D eigenvalue weighted by Gasteiger charge is -2.09. The summed E-state index contributed by atoms with van der Waals surface area (Å²) >= 11 is 0. The first-order chi connectivity index (χ1) is 4.75. The SMILES string of the molecule is COC(=O)[C@H]1C=CC[C@@H]1O. The highest BCUT2D eigenvalue weighted by Gasteiger charge is 2.27. The molecule has 0 unspecified atom stereocenters. The van der Waals surface area contributed by atoms with Gasteiger partial charge in [0.2, 0.25) is 0 Å². The number of rotatable bonds is 1. The quantitative estimate of drug-likeness (QED) is 0.417. The van der Waals surface area contributed by atoms with Crippen LogP contribution in [-0.4, -0.2) is 24.3 Å². The van der Waals surface area contributed by atoms with Crippen molar-refractivity contribution < 1.29 is 14.6 Å². The molecule has 3 nitrogen and oxygen atoms in total. The molecule has 1 N–H and O–H groups in total. The van der Waals surface area contributed by atoms with Gasteiger partial charge >= 0.3 is 5.97 Å². The molecule has 1 rings (SSSR count). The van der Waals surface area contributed by atoms with Crippen LogP contribution in [-0.2, 0) is 9.53 Å². The van der Waals surface area contributed by atoms with Gasteiger partial charge in [0.1, 0.15) is 5.92 Å². The smallest absolute Gasteiger partial charge is 0.315 e. The second-order valence-electron chi connectivity index (χ2n) is 2.28. The minimum atomic E-state index is -0.576. The zero-order chi connectivity index (χ0) is 7.56. The van der Waals surface area contributed by atoms with Crippen LogP contribution in [0.5, 0.6) is 0 Å². The number of ether oxygens (including phenoxy) is 1. The molecule has 0 fully saturated rings. The van der Waals surface area contributed by atoms with Crippen molar-refractivity contribution >= 4 is 5.97 Å². The predicted molar refractivity (Wildman–Crippen MR) is 35.3 cm³/mol. The average Bonchev–Trinajstić information content (AvgIpc) is 2.34. The fraction of sp³-hybridized carbons (Fsp3) is 0.571. The monoisotopic (exact) mass is 142 g/mol. The fourth-order valence-electron chi connectivity index (χ4n) is 1.01. The number of carbonyl (C=O) groups excluding carboxylic acids is 1. The van der Waals surface area contributed by atoms with Crippen LogP contribution in [0.3, 0.4) is 0 Å². The molecule has 0 spiro atoms. The van der Waals surface area contributed by atoms with Crippen molar-refractivity contribution in [2.75, 3.05) is 7.11 Å². The van der Waals surface area contributed by atoms with Gasteiger partial charge in [0.05, 0.1) is 13.2 Å². The van der Waals surface area contributed by atoms with Gasteiger partial charge < -0.3 is 9.84 Å². The minimum absolute atomic E-state index is 0.360. The Morgan fingerprint density at radius 1 is 1.80 bits per heavy atom. The zero-order valence-electron chi connectivity index (χ0n) is 5.78. The van der Waals surface area contributed by atoms with Gasteiger partial charge in [-0.2, -0.15) is 0 Å². The lowest BCUT2D eigenvalue weighted by Crippen LogP contribution is -2.23. The van der Waals surface area contributed by atoms with Gasteiger partial charge in [-0.25, -0.2) is 0 Å². The Hall–Kier alpha value is -0.830. The van der Waals surface area contributed by atoms with Gasteiger partial charge in [0.15, 0.2) is 0 Å². The van der Waals surface area contributed by atoms with Crippen LogP contribution in [0, 0.1) is 5.92 Å². The Balaban J connectivity index is 2.55. The van der Waals surface area contributed by atoms with Crippen molar-refractivity contribution in [3.63, 3.8) is 0 Å². The summed E-state index contributed by atoms with van der Waals surface area (Å²) in [5, 5.41) is 9.13. The van der Waals surface area contributed by atoms with Crippen LogP contribution < -0.4 is 0 Å². The summed E-state index contributed by atoms with van der Waals surface area (Å²) < 4.78 is 4.45. The van der Waals surface area contributed by atoms with E-state index in [0.717, 1.165) is 0 Å². The molecule has 0 saturated carbocycles. The molecule has 2 atom stereocenters. The molecule has 1 aliphatic carbocycles. The van der Waals surface area contributed by atoms with Crippen molar-refractivity contribution in [3.8, 4) is 0 Å². The van der Waals surface area contributed by atoms with Crippen LogP contribution in [0.2, 0.25) is 0 Å². The molecule has 56 valence electrons. The molecule has 0 aliphatic heterocycles. The molecule has 0 saturated heterocycles. The molecule has 0 heterocycles. The number of carbonyl (C=O) groups is 1. The first-order valence-corrected chi connectivity index (χ1v) is 3.18. The molecule has 0 aromatic carbocycles. The van der Waals surface area contributed by atoms with Crippen LogP contribution in [0.1, 0.15) is 6.42 Å². The zero-order valence-corrected chi connectivity index (χ0v) is 5.78. The van der Waals surface area contributed by atoms with Gasteiger partial charge in [-0.05, 0) is 6.42 Å². The van der Waals surface area contributed by atoms with E-state index in [0.29, 0.717) is 6.42 Å². The van der Waals surface area contributed by atoms with E-state index in [1.54, 1.807) is 12.2 Å². The highest BCUT2D eigenvalue weighted by atomic mass is 16.5. The lowest BCUT2D eigenvalue weighted by atomic mass is 10.1. The van der Waals surface area contributed by atoms with Crippen molar-refractivity contribution in [1.82, 2.24) is 0 Å². The van der Waals surface area contributed by atoms with Crippen LogP contribution >= 0.6 is 0 Å². The first-order valence-electron chi connectivity index (χ1n) is 3.18. The molecular weight excluding hydrogens is 132 g/mol. The van der Waals surface area contributed by atoms with Gasteiger partial charge in [0, 0.05) is 0 Å². The standard InChI is InChI=1S/C7H10O3/c1-10-7(9)5-3-2-4-6(5)8/h2-3,5-6,8H,4H2,1H3/t5-,6-/m0/s1. The molecule has 0 bridgehead atoms. The van der Waals surface area contributed by atoms with Crippen LogP contribution in [0.15, 0.2) is 12.2 Å². The molecule has 10 heavy (non-hydrogen) atoms. The lowest BCUT2D eigenvalue weighted by molar-refractivity contribution is -0.146. The van der Waals surface area contributed by atoms with Crippen molar-refractivity contribution in [3.05, 3.63) is 12.2 Å². The molecule has 0 amide bonds. The van der Waals surface area contributed by atoms with Crippen LogP contribution in [0.25, 0.3) is 0 Å². The number of hydrogen-bond acceptors (Lipinski definition) is 3. The summed E-state index contributed by atoms with van der Waals surface area (Å²) in [6.07, 6.45) is 3.44. The average molecular weight is 142 g/mol. The van der Waals surface area contributed by atoms with E-state index < -0.39 is 12.0 Å². The van der Waals surface area contributed by atoms with E-state index in [4.69, 9.17) is 5.11 Å². The fourth-order valence-corrected chi connectivity index (χ4v) is 1.01. The molecule has 0 aromatic heterocycles. The topological polar surface area (TPSA) is 46.5 Å². The first kappa shape index (κ1) is 7.28. The third-order valence-electron chi connectivity index (χ3n) is 1.61. The summed E-state index contributed by atoms with van der Waals surface area (Å²) in [6, 6.07) is 0. The maximum atomic E-state index is 10.8. The summed E-state index contributed by atoms with van der Waals surface area (Å²) in [4.78, 5) is 10.8. The third kappa shape index (κ3) is 1.19. The minimum Gasteiger partial charge on any atom is -0.468 e. The van der Waals surface area contributed by atoms with Gasteiger partial charge in [-0.3, -0.25) is 4.79 Å². The highest BCUT2D eigenvalue weighted by molar-refractivity contribution is 5.75. The number of methoxy groups -OCH3 is 1. The van der Waals surface area contributed by atoms with E-state index >= 15 is 0 Å². The predicted octanol–water partition coefficient (Wildman–Crippen LogP) is 0.0964. The maximum Gasteiger partial charge on any atom is 0.315 e. The Morgan fingerprint density at radius 2 is 2.50 bits per heavy atom. The summed E-state index contributed by atoms with van der Waals surface area (Å²) in [5.41, 5.74) is 0. The van der Waals surface area contributed by atoms with Gasteiger partial charge in [0.25, 0.3) is 0 Å². The second kappa shape index (κ2) is 2.84. The number of aliphatic hydroxyl groups is 1. The normalized spacial score (nSPS) is 30.6.